The molecule has 1 aliphatic heterocycles. The summed E-state index contributed by atoms with van der Waals surface area (Å²) < 4.78 is 4.92. The lowest BCUT2D eigenvalue weighted by Gasteiger charge is -2.04. The van der Waals surface area contributed by atoms with Crippen LogP contribution in [0.5, 0.6) is 0 Å². The molecule has 0 fully saturated rings. The molecule has 0 saturated heterocycles. The van der Waals surface area contributed by atoms with Gasteiger partial charge < -0.3 is 10.1 Å². The lowest BCUT2D eigenvalue weighted by Crippen LogP contribution is -2.04. The van der Waals surface area contributed by atoms with Crippen LogP contribution in [0.3, 0.4) is 0 Å². The van der Waals surface area contributed by atoms with E-state index in [1.165, 1.54) is 5.56 Å². The molecule has 15 heavy (non-hydrogen) atoms. The Kier molecular flexibility index (Phi) is 3.97. The summed E-state index contributed by atoms with van der Waals surface area (Å²) in [6.45, 7) is 3.19. The zero-order chi connectivity index (χ0) is 9.97. The minimum absolute atomic E-state index is 0. The number of anilines is 1. The molecule has 0 amide bonds. The number of esters is 1. The Morgan fingerprint density at radius 1 is 1.53 bits per heavy atom. The number of carbonyl (C=O) groups is 1. The SMILES string of the molecule is CCOC(=O)c1ccc2c(c1)NCC2.Cl. The van der Waals surface area contributed by atoms with Crippen molar-refractivity contribution >= 4 is 24.1 Å². The van der Waals surface area contributed by atoms with E-state index in [-0.39, 0.29) is 18.4 Å². The van der Waals surface area contributed by atoms with Crippen LogP contribution in [0, 0.1) is 0 Å². The summed E-state index contributed by atoms with van der Waals surface area (Å²) in [5.74, 6) is -0.246. The monoisotopic (exact) mass is 227 g/mol. The van der Waals surface area contributed by atoms with Crippen LogP contribution in [-0.2, 0) is 11.2 Å². The van der Waals surface area contributed by atoms with E-state index in [0.717, 1.165) is 18.7 Å². The number of benzene rings is 1. The largest absolute Gasteiger partial charge is 0.462 e. The molecule has 1 aliphatic rings. The van der Waals surface area contributed by atoms with Gasteiger partial charge in [-0.3, -0.25) is 0 Å². The highest BCUT2D eigenvalue weighted by Gasteiger charge is 2.13. The second kappa shape index (κ2) is 5.03. The fourth-order valence-electron chi connectivity index (χ4n) is 1.63. The molecule has 1 heterocycles. The summed E-state index contributed by atoms with van der Waals surface area (Å²) >= 11 is 0. The summed E-state index contributed by atoms with van der Waals surface area (Å²) in [5.41, 5.74) is 2.97. The van der Waals surface area contributed by atoms with Gasteiger partial charge in [0.1, 0.15) is 0 Å². The summed E-state index contributed by atoms with van der Waals surface area (Å²) in [5, 5.41) is 3.23. The highest BCUT2D eigenvalue weighted by atomic mass is 35.5. The molecular weight excluding hydrogens is 214 g/mol. The van der Waals surface area contributed by atoms with E-state index in [9.17, 15) is 4.79 Å². The van der Waals surface area contributed by atoms with Crippen LogP contribution >= 0.6 is 12.4 Å². The normalized spacial score (nSPS) is 12.3. The lowest BCUT2D eigenvalue weighted by molar-refractivity contribution is 0.0526. The van der Waals surface area contributed by atoms with Crippen molar-refractivity contribution in [1.29, 1.82) is 0 Å². The van der Waals surface area contributed by atoms with E-state index in [1.54, 1.807) is 0 Å². The average molecular weight is 228 g/mol. The van der Waals surface area contributed by atoms with Gasteiger partial charge in [0.15, 0.2) is 0 Å². The van der Waals surface area contributed by atoms with Gasteiger partial charge in [-0.2, -0.15) is 0 Å². The van der Waals surface area contributed by atoms with Gasteiger partial charge in [0, 0.05) is 12.2 Å². The maximum Gasteiger partial charge on any atom is 0.338 e. The van der Waals surface area contributed by atoms with Gasteiger partial charge in [-0.05, 0) is 31.0 Å². The molecule has 1 aromatic rings. The molecule has 0 aromatic heterocycles. The van der Waals surface area contributed by atoms with Crippen LogP contribution in [-0.4, -0.2) is 19.1 Å². The first-order valence-electron chi connectivity index (χ1n) is 4.85. The third-order valence-corrected chi connectivity index (χ3v) is 2.33. The first kappa shape index (κ1) is 11.9. The number of nitrogens with one attached hydrogen (secondary N) is 1. The molecule has 0 bridgehead atoms. The van der Waals surface area contributed by atoms with Gasteiger partial charge in [-0.1, -0.05) is 6.07 Å². The number of hydrogen-bond acceptors (Lipinski definition) is 3. The van der Waals surface area contributed by atoms with Gasteiger partial charge in [-0.25, -0.2) is 4.79 Å². The number of rotatable bonds is 2. The van der Waals surface area contributed by atoms with E-state index >= 15 is 0 Å². The number of ether oxygens (including phenoxy) is 1. The van der Waals surface area contributed by atoms with Crippen LogP contribution in [0.2, 0.25) is 0 Å². The molecule has 3 nitrogen and oxygen atoms in total. The van der Waals surface area contributed by atoms with Crippen LogP contribution in [0.15, 0.2) is 18.2 Å². The number of fused-ring (bicyclic) bond motifs is 1. The fourth-order valence-corrected chi connectivity index (χ4v) is 1.63. The van der Waals surface area contributed by atoms with Crippen LogP contribution in [0.25, 0.3) is 0 Å². The van der Waals surface area contributed by atoms with Crippen LogP contribution in [0.1, 0.15) is 22.8 Å². The first-order chi connectivity index (χ1) is 6.81. The molecule has 1 N–H and O–H groups in total. The highest BCUT2D eigenvalue weighted by Crippen LogP contribution is 2.23. The molecule has 0 aliphatic carbocycles. The predicted molar refractivity (Wildman–Crippen MR) is 61.8 cm³/mol. The lowest BCUT2D eigenvalue weighted by atomic mass is 10.1. The maximum atomic E-state index is 11.4. The Morgan fingerprint density at radius 2 is 2.33 bits per heavy atom. The Morgan fingerprint density at radius 3 is 3.07 bits per heavy atom. The first-order valence-corrected chi connectivity index (χ1v) is 4.85. The van der Waals surface area contributed by atoms with Gasteiger partial charge in [0.25, 0.3) is 0 Å². The van der Waals surface area contributed by atoms with E-state index in [0.29, 0.717) is 12.2 Å². The molecule has 0 unspecified atom stereocenters. The minimum atomic E-state index is -0.246. The maximum absolute atomic E-state index is 11.4. The second-order valence-electron chi connectivity index (χ2n) is 3.27. The van der Waals surface area contributed by atoms with Crippen molar-refractivity contribution in [2.24, 2.45) is 0 Å². The van der Waals surface area contributed by atoms with E-state index < -0.39 is 0 Å². The number of hydrogen-bond donors (Lipinski definition) is 1. The van der Waals surface area contributed by atoms with Gasteiger partial charge in [-0.15, -0.1) is 12.4 Å². The Labute approximate surface area is 95.2 Å². The Hall–Kier alpha value is -1.22. The zero-order valence-corrected chi connectivity index (χ0v) is 9.39. The quantitative estimate of drug-likeness (QED) is 0.788. The summed E-state index contributed by atoms with van der Waals surface area (Å²) in [4.78, 5) is 11.4. The highest BCUT2D eigenvalue weighted by molar-refractivity contribution is 5.91. The number of halogens is 1. The van der Waals surface area contributed by atoms with Crippen molar-refractivity contribution in [2.45, 2.75) is 13.3 Å². The predicted octanol–water partition coefficient (Wildman–Crippen LogP) is 2.25. The fraction of sp³-hybridized carbons (Fsp3) is 0.364. The third kappa shape index (κ3) is 2.42. The molecular formula is C11H14ClNO2. The molecule has 2 rings (SSSR count). The Balaban J connectivity index is 0.00000112. The van der Waals surface area contributed by atoms with Crippen molar-refractivity contribution < 1.29 is 9.53 Å². The molecule has 0 atom stereocenters. The van der Waals surface area contributed by atoms with E-state index in [2.05, 4.69) is 5.32 Å². The van der Waals surface area contributed by atoms with E-state index in [1.807, 2.05) is 25.1 Å². The summed E-state index contributed by atoms with van der Waals surface area (Å²) in [7, 11) is 0. The third-order valence-electron chi connectivity index (χ3n) is 2.33. The smallest absolute Gasteiger partial charge is 0.338 e. The molecule has 0 spiro atoms. The molecule has 1 aromatic carbocycles. The van der Waals surface area contributed by atoms with Gasteiger partial charge in [0.2, 0.25) is 0 Å². The van der Waals surface area contributed by atoms with Gasteiger partial charge in [0.05, 0.1) is 12.2 Å². The average Bonchev–Trinajstić information content (AvgIpc) is 2.64. The van der Waals surface area contributed by atoms with Crippen molar-refractivity contribution in [3.8, 4) is 0 Å². The molecule has 0 saturated carbocycles. The standard InChI is InChI=1S/C11H13NO2.ClH/c1-2-14-11(13)9-4-3-8-5-6-12-10(8)7-9;/h3-4,7,12H,2,5-6H2,1H3;1H. The summed E-state index contributed by atoms with van der Waals surface area (Å²) in [6, 6.07) is 5.67. The van der Waals surface area contributed by atoms with Gasteiger partial charge >= 0.3 is 5.97 Å². The van der Waals surface area contributed by atoms with Crippen LogP contribution in [0.4, 0.5) is 5.69 Å². The van der Waals surface area contributed by atoms with E-state index in [4.69, 9.17) is 4.74 Å². The topological polar surface area (TPSA) is 38.3 Å². The number of carbonyl (C=O) groups excluding carboxylic acids is 1. The van der Waals surface area contributed by atoms with Crippen LogP contribution < -0.4 is 5.32 Å². The second-order valence-corrected chi connectivity index (χ2v) is 3.27. The summed E-state index contributed by atoms with van der Waals surface area (Å²) in [6.07, 6.45) is 1.04. The Bertz CT molecular complexity index is 366. The van der Waals surface area contributed by atoms with Crippen molar-refractivity contribution in [2.75, 3.05) is 18.5 Å². The van der Waals surface area contributed by atoms with Crippen molar-refractivity contribution in [3.63, 3.8) is 0 Å². The molecule has 4 heteroatoms. The zero-order valence-electron chi connectivity index (χ0n) is 8.58. The molecule has 0 radical (unpaired) electrons. The molecule has 82 valence electrons. The van der Waals surface area contributed by atoms with Crippen molar-refractivity contribution in [3.05, 3.63) is 29.3 Å². The minimum Gasteiger partial charge on any atom is -0.462 e. The van der Waals surface area contributed by atoms with Crippen molar-refractivity contribution in [1.82, 2.24) is 0 Å².